The van der Waals surface area contributed by atoms with Gasteiger partial charge in [-0.05, 0) is 20.5 Å². The summed E-state index contributed by atoms with van der Waals surface area (Å²) in [4.78, 5) is 22.0. The number of hydrogen-bond acceptors (Lipinski definition) is 4. The summed E-state index contributed by atoms with van der Waals surface area (Å²) >= 11 is 0. The molecule has 0 aromatic heterocycles. The largest absolute Gasteiger partial charge is 0.481 e. The fourth-order valence-electron chi connectivity index (χ4n) is 1.01. The number of likely N-dealkylation sites (N-methyl/N-ethyl adjacent to an activating group) is 1. The Morgan fingerprint density at radius 1 is 1.29 bits per heavy atom. The Labute approximate surface area is 81.8 Å². The summed E-state index contributed by atoms with van der Waals surface area (Å²) in [6.07, 6.45) is -0.138. The highest BCUT2D eigenvalue weighted by atomic mass is 16.4. The molecule has 0 rings (SSSR count). The Bertz CT molecular complexity index is 228. The minimum atomic E-state index is -1.98. The summed E-state index contributed by atoms with van der Waals surface area (Å²) in [6.45, 7) is 0. The van der Waals surface area contributed by atoms with Gasteiger partial charge in [0.1, 0.15) is 0 Å². The van der Waals surface area contributed by atoms with E-state index in [1.807, 2.05) is 0 Å². The standard InChI is InChI=1S/C8H15NO5/c1-9(2)8(14,7(12)13)5-3-4-6(10)11/h14H,3-5H2,1-2H3,(H,10,11)(H,12,13). The Morgan fingerprint density at radius 2 is 1.79 bits per heavy atom. The Morgan fingerprint density at radius 3 is 2.07 bits per heavy atom. The second kappa shape index (κ2) is 4.92. The Balaban J connectivity index is 4.25. The number of carboxylic acid groups (broad SMARTS) is 2. The van der Waals surface area contributed by atoms with Gasteiger partial charge in [-0.1, -0.05) is 0 Å². The van der Waals surface area contributed by atoms with Crippen LogP contribution in [0, 0.1) is 0 Å². The van der Waals surface area contributed by atoms with Gasteiger partial charge in [-0.2, -0.15) is 0 Å². The second-order valence-corrected chi connectivity index (χ2v) is 3.26. The minimum absolute atomic E-state index is 0.109. The first kappa shape index (κ1) is 12.9. The maximum absolute atomic E-state index is 10.7. The second-order valence-electron chi connectivity index (χ2n) is 3.26. The molecule has 0 aromatic carbocycles. The van der Waals surface area contributed by atoms with Crippen LogP contribution >= 0.6 is 0 Å². The highest BCUT2D eigenvalue weighted by Gasteiger charge is 2.37. The van der Waals surface area contributed by atoms with Crippen LogP contribution in [0.25, 0.3) is 0 Å². The molecule has 0 aliphatic rings. The maximum atomic E-state index is 10.7. The normalized spacial score (nSPS) is 15.1. The molecule has 0 aromatic rings. The summed E-state index contributed by atoms with van der Waals surface area (Å²) in [5, 5.41) is 26.7. The molecule has 0 fully saturated rings. The summed E-state index contributed by atoms with van der Waals surface area (Å²) < 4.78 is 0. The van der Waals surface area contributed by atoms with Gasteiger partial charge in [0.2, 0.25) is 5.72 Å². The van der Waals surface area contributed by atoms with Gasteiger partial charge in [-0.3, -0.25) is 9.69 Å². The number of aliphatic hydroxyl groups is 1. The first-order valence-electron chi connectivity index (χ1n) is 4.15. The van der Waals surface area contributed by atoms with Crippen LogP contribution in [-0.4, -0.2) is 52.0 Å². The summed E-state index contributed by atoms with van der Waals surface area (Å²) in [5.41, 5.74) is -1.98. The van der Waals surface area contributed by atoms with E-state index in [0.29, 0.717) is 0 Å². The van der Waals surface area contributed by atoms with Crippen molar-refractivity contribution in [1.82, 2.24) is 4.90 Å². The van der Waals surface area contributed by atoms with E-state index >= 15 is 0 Å². The quantitative estimate of drug-likeness (QED) is 0.509. The Kier molecular flexibility index (Phi) is 4.52. The number of rotatable bonds is 6. The molecule has 14 heavy (non-hydrogen) atoms. The van der Waals surface area contributed by atoms with Crippen LogP contribution in [0.2, 0.25) is 0 Å². The molecular weight excluding hydrogens is 190 g/mol. The van der Waals surface area contributed by atoms with Gasteiger partial charge in [-0.25, -0.2) is 4.79 Å². The van der Waals surface area contributed by atoms with Gasteiger partial charge in [0.15, 0.2) is 0 Å². The number of carbonyl (C=O) groups is 2. The van der Waals surface area contributed by atoms with Crippen LogP contribution in [0.1, 0.15) is 19.3 Å². The van der Waals surface area contributed by atoms with E-state index in [1.165, 1.54) is 14.1 Å². The predicted octanol–water partition coefficient (Wildman–Crippen LogP) is -0.424. The average Bonchev–Trinajstić information content (AvgIpc) is 2.02. The third-order valence-corrected chi connectivity index (χ3v) is 2.00. The van der Waals surface area contributed by atoms with Gasteiger partial charge < -0.3 is 15.3 Å². The van der Waals surface area contributed by atoms with Crippen LogP contribution in [0.5, 0.6) is 0 Å². The molecule has 3 N–H and O–H groups in total. The average molecular weight is 205 g/mol. The molecule has 6 nitrogen and oxygen atoms in total. The molecule has 0 bridgehead atoms. The number of aliphatic carboxylic acids is 2. The fraction of sp³-hybridized carbons (Fsp3) is 0.750. The Hall–Kier alpha value is -1.14. The molecule has 82 valence electrons. The zero-order chi connectivity index (χ0) is 11.4. The van der Waals surface area contributed by atoms with E-state index in [2.05, 4.69) is 0 Å². The van der Waals surface area contributed by atoms with Crippen LogP contribution < -0.4 is 0 Å². The topological polar surface area (TPSA) is 98.1 Å². The monoisotopic (exact) mass is 205 g/mol. The van der Waals surface area contributed by atoms with Crippen molar-refractivity contribution in [1.29, 1.82) is 0 Å². The smallest absolute Gasteiger partial charge is 0.351 e. The summed E-state index contributed by atoms with van der Waals surface area (Å²) in [7, 11) is 2.85. The van der Waals surface area contributed by atoms with Crippen molar-refractivity contribution in [2.24, 2.45) is 0 Å². The molecule has 0 aliphatic heterocycles. The van der Waals surface area contributed by atoms with Crippen LogP contribution in [0.15, 0.2) is 0 Å². The molecule has 1 unspecified atom stereocenters. The first-order chi connectivity index (χ1) is 6.30. The number of nitrogens with zero attached hydrogens (tertiary/aromatic N) is 1. The van der Waals surface area contributed by atoms with Crippen LogP contribution in [0.3, 0.4) is 0 Å². The van der Waals surface area contributed by atoms with Crippen molar-refractivity contribution < 1.29 is 24.9 Å². The molecule has 0 spiro atoms. The van der Waals surface area contributed by atoms with Crippen LogP contribution in [-0.2, 0) is 9.59 Å². The fourth-order valence-corrected chi connectivity index (χ4v) is 1.01. The lowest BCUT2D eigenvalue weighted by Crippen LogP contribution is -2.51. The molecule has 0 heterocycles. The van der Waals surface area contributed by atoms with Gasteiger partial charge in [0.25, 0.3) is 0 Å². The van der Waals surface area contributed by atoms with Gasteiger partial charge in [0, 0.05) is 12.8 Å². The van der Waals surface area contributed by atoms with E-state index in [4.69, 9.17) is 10.2 Å². The number of carboxylic acids is 2. The molecule has 6 heteroatoms. The third-order valence-electron chi connectivity index (χ3n) is 2.00. The van der Waals surface area contributed by atoms with Crippen molar-refractivity contribution >= 4 is 11.9 Å². The van der Waals surface area contributed by atoms with E-state index in [1.54, 1.807) is 0 Å². The molecule has 0 aliphatic carbocycles. The van der Waals surface area contributed by atoms with Crippen molar-refractivity contribution in [3.8, 4) is 0 Å². The van der Waals surface area contributed by atoms with E-state index in [9.17, 15) is 14.7 Å². The predicted molar refractivity (Wildman–Crippen MR) is 47.8 cm³/mol. The molecule has 1 atom stereocenters. The van der Waals surface area contributed by atoms with Gasteiger partial charge in [-0.15, -0.1) is 0 Å². The van der Waals surface area contributed by atoms with Crippen molar-refractivity contribution in [3.63, 3.8) is 0 Å². The van der Waals surface area contributed by atoms with Crippen LogP contribution in [0.4, 0.5) is 0 Å². The molecular formula is C8H15NO5. The zero-order valence-corrected chi connectivity index (χ0v) is 8.23. The van der Waals surface area contributed by atoms with E-state index in [-0.39, 0.29) is 19.3 Å². The minimum Gasteiger partial charge on any atom is -0.481 e. The summed E-state index contributed by atoms with van der Waals surface area (Å²) in [6, 6.07) is 0. The van der Waals surface area contributed by atoms with E-state index in [0.717, 1.165) is 4.90 Å². The van der Waals surface area contributed by atoms with Gasteiger partial charge >= 0.3 is 11.9 Å². The lowest BCUT2D eigenvalue weighted by molar-refractivity contribution is -0.179. The maximum Gasteiger partial charge on any atom is 0.351 e. The zero-order valence-electron chi connectivity index (χ0n) is 8.23. The van der Waals surface area contributed by atoms with Crippen molar-refractivity contribution in [2.45, 2.75) is 25.0 Å². The summed E-state index contributed by atoms with van der Waals surface area (Å²) in [5.74, 6) is -2.37. The SMILES string of the molecule is CN(C)C(O)(CCCC(=O)O)C(=O)O. The molecule has 0 saturated carbocycles. The van der Waals surface area contributed by atoms with Crippen molar-refractivity contribution in [3.05, 3.63) is 0 Å². The first-order valence-corrected chi connectivity index (χ1v) is 4.15. The molecule has 0 amide bonds. The number of hydrogen-bond donors (Lipinski definition) is 3. The molecule has 0 saturated heterocycles. The third kappa shape index (κ3) is 3.31. The highest BCUT2D eigenvalue weighted by Crippen LogP contribution is 2.17. The van der Waals surface area contributed by atoms with Crippen molar-refractivity contribution in [2.75, 3.05) is 14.1 Å². The van der Waals surface area contributed by atoms with E-state index < -0.39 is 17.7 Å². The highest BCUT2D eigenvalue weighted by molar-refractivity contribution is 5.76. The lowest BCUT2D eigenvalue weighted by Gasteiger charge is -2.29. The molecule has 0 radical (unpaired) electrons. The van der Waals surface area contributed by atoms with Gasteiger partial charge in [0.05, 0.1) is 0 Å². The lowest BCUT2D eigenvalue weighted by atomic mass is 10.1.